The van der Waals surface area contributed by atoms with Crippen molar-refractivity contribution in [2.24, 2.45) is 5.73 Å². The molecular formula is C11H12Cl2N2O2. The maximum absolute atomic E-state index is 10.7. The van der Waals surface area contributed by atoms with Gasteiger partial charge in [-0.05, 0) is 17.7 Å². The lowest BCUT2D eigenvalue weighted by atomic mass is 10.1. The van der Waals surface area contributed by atoms with E-state index in [4.69, 9.17) is 22.4 Å². The second-order valence-corrected chi connectivity index (χ2v) is 4.03. The van der Waals surface area contributed by atoms with Crippen LogP contribution in [0.1, 0.15) is 5.56 Å². The van der Waals surface area contributed by atoms with Gasteiger partial charge in [0.2, 0.25) is 0 Å². The molecule has 1 unspecified atom stereocenters. The highest BCUT2D eigenvalue weighted by Crippen LogP contribution is 2.27. The zero-order valence-corrected chi connectivity index (χ0v) is 10.4. The number of aliphatic carboxylic acids is 1. The fourth-order valence-electron chi connectivity index (χ4n) is 1.69. The first-order chi connectivity index (χ1) is 7.59. The highest BCUT2D eigenvalue weighted by Gasteiger charge is 2.15. The largest absolute Gasteiger partial charge is 0.480 e. The van der Waals surface area contributed by atoms with Crippen LogP contribution in [-0.4, -0.2) is 22.1 Å². The van der Waals surface area contributed by atoms with Crippen molar-refractivity contribution in [3.05, 3.63) is 35.0 Å². The molecule has 0 aliphatic carbocycles. The molecule has 1 aromatic carbocycles. The Labute approximate surface area is 109 Å². The molecule has 4 N–H and O–H groups in total. The van der Waals surface area contributed by atoms with E-state index in [0.29, 0.717) is 5.02 Å². The van der Waals surface area contributed by atoms with E-state index in [9.17, 15) is 4.79 Å². The van der Waals surface area contributed by atoms with Gasteiger partial charge in [-0.3, -0.25) is 4.79 Å². The summed E-state index contributed by atoms with van der Waals surface area (Å²) in [5.74, 6) is -1.01. The first kappa shape index (κ1) is 13.8. The number of carboxylic acids is 1. The minimum Gasteiger partial charge on any atom is -0.480 e. The van der Waals surface area contributed by atoms with E-state index in [1.165, 1.54) is 0 Å². The smallest absolute Gasteiger partial charge is 0.320 e. The van der Waals surface area contributed by atoms with Crippen LogP contribution in [0.4, 0.5) is 0 Å². The third-order valence-corrected chi connectivity index (χ3v) is 2.81. The Bertz CT molecular complexity index is 539. The van der Waals surface area contributed by atoms with E-state index >= 15 is 0 Å². The molecule has 92 valence electrons. The van der Waals surface area contributed by atoms with Gasteiger partial charge >= 0.3 is 5.97 Å². The van der Waals surface area contributed by atoms with E-state index < -0.39 is 12.0 Å². The van der Waals surface area contributed by atoms with Crippen LogP contribution in [0.5, 0.6) is 0 Å². The number of hydrogen-bond donors (Lipinski definition) is 3. The van der Waals surface area contributed by atoms with Crippen LogP contribution >= 0.6 is 24.0 Å². The first-order valence-electron chi connectivity index (χ1n) is 4.82. The molecule has 0 aliphatic heterocycles. The van der Waals surface area contributed by atoms with Crippen LogP contribution in [-0.2, 0) is 11.2 Å². The van der Waals surface area contributed by atoms with Crippen LogP contribution in [0.2, 0.25) is 5.02 Å². The summed E-state index contributed by atoms with van der Waals surface area (Å²) in [6.45, 7) is 0. The SMILES string of the molecule is Cl.NC(Cc1c[nH]c2cccc(Cl)c12)C(=O)O. The molecular weight excluding hydrogens is 263 g/mol. The number of benzene rings is 1. The number of nitrogens with two attached hydrogens (primary N) is 1. The summed E-state index contributed by atoms with van der Waals surface area (Å²) < 4.78 is 0. The Morgan fingerprint density at radius 3 is 2.88 bits per heavy atom. The van der Waals surface area contributed by atoms with Crippen LogP contribution in [0.3, 0.4) is 0 Å². The Kier molecular flexibility index (Phi) is 4.40. The molecule has 0 saturated carbocycles. The van der Waals surface area contributed by atoms with Gasteiger partial charge in [-0.25, -0.2) is 0 Å². The van der Waals surface area contributed by atoms with Gasteiger partial charge in [0, 0.05) is 23.5 Å². The summed E-state index contributed by atoms with van der Waals surface area (Å²) in [7, 11) is 0. The molecule has 1 aromatic heterocycles. The number of rotatable bonds is 3. The van der Waals surface area contributed by atoms with Crippen molar-refractivity contribution < 1.29 is 9.90 Å². The second-order valence-electron chi connectivity index (χ2n) is 3.63. The summed E-state index contributed by atoms with van der Waals surface area (Å²) in [6.07, 6.45) is 2.01. The van der Waals surface area contributed by atoms with Gasteiger partial charge in [-0.15, -0.1) is 12.4 Å². The number of nitrogens with one attached hydrogen (secondary N) is 1. The quantitative estimate of drug-likeness (QED) is 0.803. The van der Waals surface area contributed by atoms with Crippen LogP contribution in [0.15, 0.2) is 24.4 Å². The standard InChI is InChI=1S/C11H11ClN2O2.ClH/c12-7-2-1-3-9-10(7)6(5-14-9)4-8(13)11(15)16;/h1-3,5,8,14H,4,13H2,(H,15,16);1H. The summed E-state index contributed by atoms with van der Waals surface area (Å²) >= 11 is 6.06. The van der Waals surface area contributed by atoms with Crippen LogP contribution < -0.4 is 5.73 Å². The van der Waals surface area contributed by atoms with Crippen molar-refractivity contribution >= 4 is 40.9 Å². The second kappa shape index (κ2) is 5.40. The number of fused-ring (bicyclic) bond motifs is 1. The maximum atomic E-state index is 10.7. The monoisotopic (exact) mass is 274 g/mol. The third-order valence-electron chi connectivity index (χ3n) is 2.49. The molecule has 0 spiro atoms. The topological polar surface area (TPSA) is 79.1 Å². The number of carboxylic acid groups (broad SMARTS) is 1. The molecule has 0 aliphatic rings. The lowest BCUT2D eigenvalue weighted by Crippen LogP contribution is -2.32. The van der Waals surface area contributed by atoms with E-state index in [0.717, 1.165) is 16.5 Å². The predicted molar refractivity (Wildman–Crippen MR) is 69.9 cm³/mol. The molecule has 4 nitrogen and oxygen atoms in total. The zero-order chi connectivity index (χ0) is 11.7. The molecule has 1 heterocycles. The van der Waals surface area contributed by atoms with Gasteiger partial charge in [0.25, 0.3) is 0 Å². The van der Waals surface area contributed by atoms with Crippen LogP contribution in [0.25, 0.3) is 10.9 Å². The van der Waals surface area contributed by atoms with Gasteiger partial charge in [0.15, 0.2) is 0 Å². The van der Waals surface area contributed by atoms with Gasteiger partial charge < -0.3 is 15.8 Å². The van der Waals surface area contributed by atoms with Crippen LogP contribution in [0, 0.1) is 0 Å². The predicted octanol–water partition coefficient (Wildman–Crippen LogP) is 2.20. The van der Waals surface area contributed by atoms with Crippen molar-refractivity contribution in [2.45, 2.75) is 12.5 Å². The van der Waals surface area contributed by atoms with Gasteiger partial charge in [-0.1, -0.05) is 17.7 Å². The molecule has 2 aromatic rings. The molecule has 0 fully saturated rings. The van der Waals surface area contributed by atoms with E-state index in [1.54, 1.807) is 12.3 Å². The maximum Gasteiger partial charge on any atom is 0.320 e. The van der Waals surface area contributed by atoms with Crippen molar-refractivity contribution in [1.82, 2.24) is 4.98 Å². The number of halogens is 2. The zero-order valence-electron chi connectivity index (χ0n) is 8.81. The van der Waals surface area contributed by atoms with E-state index in [-0.39, 0.29) is 18.8 Å². The van der Waals surface area contributed by atoms with Gasteiger partial charge in [0.1, 0.15) is 6.04 Å². The summed E-state index contributed by atoms with van der Waals surface area (Å²) in [5.41, 5.74) is 7.21. The molecule has 0 radical (unpaired) electrons. The minimum atomic E-state index is -1.01. The number of aromatic nitrogens is 1. The van der Waals surface area contributed by atoms with Gasteiger partial charge in [-0.2, -0.15) is 0 Å². The minimum absolute atomic E-state index is 0. The van der Waals surface area contributed by atoms with E-state index in [2.05, 4.69) is 4.98 Å². The highest BCUT2D eigenvalue weighted by atomic mass is 35.5. The third kappa shape index (κ3) is 2.72. The average Bonchev–Trinajstić information content (AvgIpc) is 2.63. The van der Waals surface area contributed by atoms with Crippen molar-refractivity contribution in [1.29, 1.82) is 0 Å². The number of carbonyl (C=O) groups is 1. The lowest BCUT2D eigenvalue weighted by Gasteiger charge is -2.05. The molecule has 2 rings (SSSR count). The fraction of sp³-hybridized carbons (Fsp3) is 0.182. The Morgan fingerprint density at radius 2 is 2.24 bits per heavy atom. The Hall–Kier alpha value is -1.23. The fourth-order valence-corrected chi connectivity index (χ4v) is 1.99. The van der Waals surface area contributed by atoms with Crippen molar-refractivity contribution in [3.8, 4) is 0 Å². The first-order valence-corrected chi connectivity index (χ1v) is 5.20. The molecule has 0 amide bonds. The van der Waals surface area contributed by atoms with Crippen molar-refractivity contribution in [3.63, 3.8) is 0 Å². The molecule has 6 heteroatoms. The molecule has 17 heavy (non-hydrogen) atoms. The highest BCUT2D eigenvalue weighted by molar-refractivity contribution is 6.35. The Morgan fingerprint density at radius 1 is 1.53 bits per heavy atom. The van der Waals surface area contributed by atoms with Gasteiger partial charge in [0.05, 0.1) is 5.02 Å². The average molecular weight is 275 g/mol. The molecule has 0 bridgehead atoms. The number of H-pyrrole nitrogens is 1. The van der Waals surface area contributed by atoms with Crippen molar-refractivity contribution in [2.75, 3.05) is 0 Å². The lowest BCUT2D eigenvalue weighted by molar-refractivity contribution is -0.138. The molecule has 1 atom stereocenters. The summed E-state index contributed by atoms with van der Waals surface area (Å²) in [4.78, 5) is 13.7. The van der Waals surface area contributed by atoms with E-state index in [1.807, 2.05) is 12.1 Å². The summed E-state index contributed by atoms with van der Waals surface area (Å²) in [6, 6.07) is 4.59. The molecule has 0 saturated heterocycles. The Balaban J connectivity index is 0.00000144. The normalized spacial score (nSPS) is 12.1. The number of aromatic amines is 1. The number of hydrogen-bond acceptors (Lipinski definition) is 2. The summed E-state index contributed by atoms with van der Waals surface area (Å²) in [5, 5.41) is 10.2.